The van der Waals surface area contributed by atoms with Crippen molar-refractivity contribution in [2.24, 2.45) is 0 Å². The second kappa shape index (κ2) is 14.4. The van der Waals surface area contributed by atoms with Crippen LogP contribution in [0.2, 0.25) is 0 Å². The van der Waals surface area contributed by atoms with Crippen molar-refractivity contribution in [3.63, 3.8) is 0 Å². The van der Waals surface area contributed by atoms with Crippen molar-refractivity contribution in [3.05, 3.63) is 193 Å². The van der Waals surface area contributed by atoms with Crippen LogP contribution in [0.15, 0.2) is 185 Å². The van der Waals surface area contributed by atoms with E-state index in [4.69, 9.17) is 8.83 Å². The number of fused-ring (bicyclic) bond motifs is 9. The summed E-state index contributed by atoms with van der Waals surface area (Å²) in [6.07, 6.45) is 0. The summed E-state index contributed by atoms with van der Waals surface area (Å²) in [4.78, 5) is 4.76. The Labute approximate surface area is 368 Å². The summed E-state index contributed by atoms with van der Waals surface area (Å²) in [5, 5.41) is 8.76. The molecule has 11 aromatic rings. The molecule has 0 aliphatic carbocycles. The zero-order chi connectivity index (χ0) is 43.2. The van der Waals surface area contributed by atoms with E-state index < -0.39 is 0 Å². The average Bonchev–Trinajstić information content (AvgIpc) is 3.82. The lowest BCUT2D eigenvalue weighted by molar-refractivity contribution is 0.590. The van der Waals surface area contributed by atoms with Crippen LogP contribution in [0.4, 0.5) is 34.1 Å². The van der Waals surface area contributed by atoms with E-state index in [1.54, 1.807) is 0 Å². The fourth-order valence-electron chi connectivity index (χ4n) is 9.56. The first-order valence-electron chi connectivity index (χ1n) is 22.0. The van der Waals surface area contributed by atoms with Gasteiger partial charge >= 0.3 is 0 Å². The highest BCUT2D eigenvalue weighted by Crippen LogP contribution is 2.46. The van der Waals surface area contributed by atoms with Crippen molar-refractivity contribution in [1.29, 1.82) is 0 Å². The van der Waals surface area contributed by atoms with E-state index in [0.29, 0.717) is 0 Å². The van der Waals surface area contributed by atoms with Crippen molar-refractivity contribution >= 4 is 99.5 Å². The molecule has 0 unspecified atom stereocenters. The minimum absolute atomic E-state index is 0.0412. The molecule has 4 nitrogen and oxygen atoms in total. The van der Waals surface area contributed by atoms with Gasteiger partial charge in [0, 0.05) is 50.3 Å². The fraction of sp³-hybridized carbons (Fsp3) is 0.153. The van der Waals surface area contributed by atoms with E-state index in [0.717, 1.165) is 88.2 Å². The summed E-state index contributed by atoms with van der Waals surface area (Å²) in [5.41, 5.74) is 13.9. The minimum Gasteiger partial charge on any atom is -0.456 e. The molecule has 0 atom stereocenters. The van der Waals surface area contributed by atoms with Crippen LogP contribution in [0.25, 0.3) is 65.4 Å². The Kier molecular flexibility index (Phi) is 8.82. The van der Waals surface area contributed by atoms with Gasteiger partial charge in [0.15, 0.2) is 0 Å². The van der Waals surface area contributed by atoms with Crippen LogP contribution in [0.5, 0.6) is 0 Å². The number of hydrogen-bond donors (Lipinski definition) is 0. The predicted octanol–water partition coefficient (Wildman–Crippen LogP) is 17.6. The van der Waals surface area contributed by atoms with Crippen LogP contribution in [-0.4, -0.2) is 0 Å². The lowest BCUT2D eigenvalue weighted by Crippen LogP contribution is -2.19. The summed E-state index contributed by atoms with van der Waals surface area (Å²) in [6.45, 7) is 15.8. The van der Waals surface area contributed by atoms with E-state index in [1.165, 1.54) is 28.1 Å². The highest BCUT2D eigenvalue weighted by molar-refractivity contribution is 6.24. The lowest BCUT2D eigenvalue weighted by Gasteiger charge is -2.32. The number of rotatable bonds is 6. The Bertz CT molecular complexity index is 3540. The summed E-state index contributed by atoms with van der Waals surface area (Å²) in [7, 11) is 0. The van der Waals surface area contributed by atoms with Crippen LogP contribution in [0.3, 0.4) is 0 Å². The number of hydrogen-bond acceptors (Lipinski definition) is 4. The molecule has 9 aromatic carbocycles. The predicted molar refractivity (Wildman–Crippen MR) is 268 cm³/mol. The van der Waals surface area contributed by atoms with Gasteiger partial charge < -0.3 is 18.6 Å². The van der Waals surface area contributed by atoms with Gasteiger partial charge in [0.05, 0.1) is 5.39 Å². The molecule has 4 heteroatoms. The third-order valence-electron chi connectivity index (χ3n) is 12.7. The molecule has 2 heterocycles. The molecule has 0 radical (unpaired) electrons. The maximum Gasteiger partial charge on any atom is 0.147 e. The largest absolute Gasteiger partial charge is 0.456 e. The van der Waals surface area contributed by atoms with Gasteiger partial charge in [0.25, 0.3) is 0 Å². The number of benzene rings is 9. The van der Waals surface area contributed by atoms with Crippen molar-refractivity contribution in [2.45, 2.75) is 59.3 Å². The van der Waals surface area contributed by atoms with Crippen molar-refractivity contribution in [2.75, 3.05) is 9.80 Å². The van der Waals surface area contributed by atoms with Crippen molar-refractivity contribution < 1.29 is 8.83 Å². The molecule has 0 N–H and O–H groups in total. The maximum atomic E-state index is 6.90. The number of para-hydroxylation sites is 3. The Hall–Kier alpha value is -7.30. The SMILES string of the molecule is Cc1ccc(N(c2ccc3cc4c(cc3c2)oc2ccc3c5cc6ccc(N(c7ccccc7)c7ccccc7C(C)(C)C)cc6cc5oc3c24)c2ccccc2C(C)(C)C)cc1. The number of anilines is 6. The topological polar surface area (TPSA) is 32.8 Å². The van der Waals surface area contributed by atoms with E-state index in [9.17, 15) is 0 Å². The molecule has 0 saturated carbocycles. The summed E-state index contributed by atoms with van der Waals surface area (Å²) >= 11 is 0. The normalized spacial score (nSPS) is 12.4. The van der Waals surface area contributed by atoms with Crippen LogP contribution in [0.1, 0.15) is 58.2 Å². The third kappa shape index (κ3) is 6.60. The first kappa shape index (κ1) is 38.6. The molecule has 2 aromatic heterocycles. The summed E-state index contributed by atoms with van der Waals surface area (Å²) in [5.74, 6) is 0. The first-order valence-corrected chi connectivity index (χ1v) is 22.0. The Balaban J connectivity index is 1.04. The number of furan rings is 2. The molecule has 11 rings (SSSR count). The fourth-order valence-corrected chi connectivity index (χ4v) is 9.56. The molecular formula is C59H50N2O2. The molecule has 0 aliphatic rings. The lowest BCUT2D eigenvalue weighted by atomic mass is 9.85. The molecule has 0 saturated heterocycles. The van der Waals surface area contributed by atoms with Gasteiger partial charge in [-0.25, -0.2) is 0 Å². The van der Waals surface area contributed by atoms with Crippen molar-refractivity contribution in [1.82, 2.24) is 0 Å². The second-order valence-corrected chi connectivity index (χ2v) is 19.2. The van der Waals surface area contributed by atoms with E-state index >= 15 is 0 Å². The van der Waals surface area contributed by atoms with Crippen molar-refractivity contribution in [3.8, 4) is 0 Å². The molecule has 0 spiro atoms. The maximum absolute atomic E-state index is 6.90. The van der Waals surface area contributed by atoms with Crippen LogP contribution >= 0.6 is 0 Å². The number of aryl methyl sites for hydroxylation is 1. The van der Waals surface area contributed by atoms with Gasteiger partial charge in [-0.15, -0.1) is 0 Å². The van der Waals surface area contributed by atoms with E-state index in [2.05, 4.69) is 234 Å². The number of nitrogens with zero attached hydrogens (tertiary/aromatic N) is 2. The van der Waals surface area contributed by atoms with E-state index in [1.807, 2.05) is 0 Å². The highest BCUT2D eigenvalue weighted by Gasteiger charge is 2.26. The van der Waals surface area contributed by atoms with Crippen LogP contribution < -0.4 is 9.80 Å². The van der Waals surface area contributed by atoms with Crippen LogP contribution in [-0.2, 0) is 10.8 Å². The van der Waals surface area contributed by atoms with Gasteiger partial charge in [-0.1, -0.05) is 126 Å². The molecule has 63 heavy (non-hydrogen) atoms. The molecule has 308 valence electrons. The quantitative estimate of drug-likeness (QED) is 0.167. The van der Waals surface area contributed by atoms with Gasteiger partial charge in [0.1, 0.15) is 22.3 Å². The molecular weight excluding hydrogens is 769 g/mol. The van der Waals surface area contributed by atoms with Gasteiger partial charge in [0.2, 0.25) is 0 Å². The van der Waals surface area contributed by atoms with Gasteiger partial charge in [-0.3, -0.25) is 0 Å². The standard InChI is InChI=1S/C59H50N2O2/c1-37-21-25-43(26-22-37)61(52-20-14-12-18-50(52)59(5,6)7)45-28-24-39-34-48-55(36-41(39)32-45)62-53-30-29-46-47-33-38-23-27-44(31-40(38)35-54(47)63-57(46)56(48)53)60(42-15-9-8-10-16-42)51-19-13-11-17-49(51)58(2,3)4/h8-36H,1-7H3. The first-order chi connectivity index (χ1) is 30.4. The van der Waals surface area contributed by atoms with Gasteiger partial charge in [-0.2, -0.15) is 0 Å². The third-order valence-corrected chi connectivity index (χ3v) is 12.7. The molecule has 0 fully saturated rings. The molecule has 0 bridgehead atoms. The van der Waals surface area contributed by atoms with Gasteiger partial charge in [-0.05, 0) is 147 Å². The Morgan fingerprint density at radius 3 is 1.43 bits per heavy atom. The van der Waals surface area contributed by atoms with E-state index in [-0.39, 0.29) is 10.8 Å². The summed E-state index contributed by atoms with van der Waals surface area (Å²) < 4.78 is 13.6. The second-order valence-electron chi connectivity index (χ2n) is 19.2. The smallest absolute Gasteiger partial charge is 0.147 e. The minimum atomic E-state index is -0.0447. The zero-order valence-electron chi connectivity index (χ0n) is 37.0. The Morgan fingerprint density at radius 2 is 0.857 bits per heavy atom. The summed E-state index contributed by atoms with van der Waals surface area (Å²) in [6, 6.07) is 63.7. The average molecular weight is 819 g/mol. The monoisotopic (exact) mass is 818 g/mol. The zero-order valence-corrected chi connectivity index (χ0v) is 37.0. The Morgan fingerprint density at radius 1 is 0.365 bits per heavy atom. The molecule has 0 aliphatic heterocycles. The van der Waals surface area contributed by atoms with Crippen LogP contribution in [0, 0.1) is 6.92 Å². The highest BCUT2D eigenvalue weighted by atomic mass is 16.3. The molecule has 0 amide bonds.